The fourth-order valence-corrected chi connectivity index (χ4v) is 2.81. The van der Waals surface area contributed by atoms with Gasteiger partial charge in [-0.3, -0.25) is 0 Å². The molecule has 0 radical (unpaired) electrons. The number of amides is 1. The number of ether oxygens (including phenoxy) is 2. The lowest BCUT2D eigenvalue weighted by molar-refractivity contribution is 0.0542. The zero-order valence-corrected chi connectivity index (χ0v) is 13.4. The fraction of sp³-hybridized carbons (Fsp3) is 0.412. The smallest absolute Gasteiger partial charge is 0.410 e. The van der Waals surface area contributed by atoms with Gasteiger partial charge in [0.25, 0.3) is 0 Å². The second kappa shape index (κ2) is 6.83. The molecule has 1 aromatic heterocycles. The van der Waals surface area contributed by atoms with E-state index in [2.05, 4.69) is 4.98 Å². The number of hydrogen-bond acceptors (Lipinski definition) is 4. The average molecular weight is 315 g/mol. The summed E-state index contributed by atoms with van der Waals surface area (Å²) in [5.41, 5.74) is 1.12. The van der Waals surface area contributed by atoms with Gasteiger partial charge in [-0.05, 0) is 19.4 Å². The number of cyclic esters (lactones) is 1. The van der Waals surface area contributed by atoms with Crippen molar-refractivity contribution in [2.24, 2.45) is 0 Å². The molecule has 1 aliphatic rings. The number of imidazole rings is 1. The number of benzene rings is 1. The Morgan fingerprint density at radius 3 is 2.78 bits per heavy atom. The molecule has 1 aliphatic heterocycles. The molecule has 1 amide bonds. The van der Waals surface area contributed by atoms with Crippen LogP contribution >= 0.6 is 0 Å². The lowest BCUT2D eigenvalue weighted by Gasteiger charge is -2.19. The topological polar surface area (TPSA) is 56.6 Å². The van der Waals surface area contributed by atoms with Gasteiger partial charge in [0.2, 0.25) is 0 Å². The highest BCUT2D eigenvalue weighted by atomic mass is 16.6. The fourth-order valence-electron chi connectivity index (χ4n) is 2.81. The summed E-state index contributed by atoms with van der Waals surface area (Å²) >= 11 is 0. The molecule has 1 aromatic carbocycles. The summed E-state index contributed by atoms with van der Waals surface area (Å²) in [5, 5.41) is 0. The third-order valence-electron chi connectivity index (χ3n) is 4.08. The van der Waals surface area contributed by atoms with Crippen molar-refractivity contribution in [1.82, 2.24) is 14.5 Å². The van der Waals surface area contributed by atoms with Crippen molar-refractivity contribution < 1.29 is 14.3 Å². The van der Waals surface area contributed by atoms with Crippen molar-refractivity contribution in [3.05, 3.63) is 54.1 Å². The Morgan fingerprint density at radius 2 is 2.09 bits per heavy atom. The van der Waals surface area contributed by atoms with E-state index in [1.807, 2.05) is 54.9 Å². The standard InChI is InChI=1S/C17H21N3O3/c1-3-20-13(2)15(23-17(20)21)16-18-9-10-19(16)12-22-11-14-7-5-4-6-8-14/h4-10,13,15H,3,11-12H2,1-2H3/t13-,15-/m0/s1. The number of rotatable bonds is 6. The van der Waals surface area contributed by atoms with Gasteiger partial charge in [-0.25, -0.2) is 9.78 Å². The van der Waals surface area contributed by atoms with Gasteiger partial charge in [-0.15, -0.1) is 0 Å². The number of likely N-dealkylation sites (N-methyl/N-ethyl adjacent to an activating group) is 1. The molecule has 2 heterocycles. The van der Waals surface area contributed by atoms with Crippen LogP contribution in [0.15, 0.2) is 42.7 Å². The first-order chi connectivity index (χ1) is 11.2. The molecule has 23 heavy (non-hydrogen) atoms. The molecule has 6 heteroatoms. The second-order valence-electron chi connectivity index (χ2n) is 5.55. The lowest BCUT2D eigenvalue weighted by atomic mass is 10.1. The van der Waals surface area contributed by atoms with Gasteiger partial charge in [0.05, 0.1) is 12.6 Å². The predicted octanol–water partition coefficient (Wildman–Crippen LogP) is 2.96. The van der Waals surface area contributed by atoms with E-state index in [-0.39, 0.29) is 18.2 Å². The first-order valence-electron chi connectivity index (χ1n) is 7.80. The second-order valence-corrected chi connectivity index (χ2v) is 5.55. The highest BCUT2D eigenvalue weighted by Crippen LogP contribution is 2.31. The molecule has 0 spiro atoms. The summed E-state index contributed by atoms with van der Waals surface area (Å²) in [6, 6.07) is 9.96. The minimum absolute atomic E-state index is 0.0391. The highest BCUT2D eigenvalue weighted by Gasteiger charge is 2.40. The van der Waals surface area contributed by atoms with Crippen molar-refractivity contribution in [2.75, 3.05) is 6.54 Å². The van der Waals surface area contributed by atoms with Crippen molar-refractivity contribution in [2.45, 2.75) is 39.3 Å². The van der Waals surface area contributed by atoms with E-state index in [9.17, 15) is 4.79 Å². The molecule has 1 saturated heterocycles. The first-order valence-corrected chi connectivity index (χ1v) is 7.80. The molecule has 2 atom stereocenters. The minimum Gasteiger partial charge on any atom is -0.436 e. The molecule has 6 nitrogen and oxygen atoms in total. The summed E-state index contributed by atoms with van der Waals surface area (Å²) in [6.07, 6.45) is 2.90. The van der Waals surface area contributed by atoms with E-state index < -0.39 is 0 Å². The average Bonchev–Trinajstić information content (AvgIpc) is 3.12. The number of aromatic nitrogens is 2. The Morgan fingerprint density at radius 1 is 1.30 bits per heavy atom. The van der Waals surface area contributed by atoms with Crippen LogP contribution in [0.25, 0.3) is 0 Å². The Hall–Kier alpha value is -2.34. The van der Waals surface area contributed by atoms with Crippen LogP contribution in [0.4, 0.5) is 4.79 Å². The molecular formula is C17H21N3O3. The highest BCUT2D eigenvalue weighted by molar-refractivity contribution is 5.70. The largest absolute Gasteiger partial charge is 0.436 e. The molecule has 0 saturated carbocycles. The molecular weight excluding hydrogens is 294 g/mol. The van der Waals surface area contributed by atoms with Gasteiger partial charge in [0.1, 0.15) is 6.73 Å². The van der Waals surface area contributed by atoms with Crippen LogP contribution in [0.5, 0.6) is 0 Å². The monoisotopic (exact) mass is 315 g/mol. The summed E-state index contributed by atoms with van der Waals surface area (Å²) in [6.45, 7) is 5.44. The van der Waals surface area contributed by atoms with Crippen LogP contribution in [0.1, 0.15) is 31.3 Å². The van der Waals surface area contributed by atoms with Crippen molar-refractivity contribution in [3.8, 4) is 0 Å². The van der Waals surface area contributed by atoms with E-state index in [0.717, 1.165) is 11.4 Å². The molecule has 0 bridgehead atoms. The van der Waals surface area contributed by atoms with Gasteiger partial charge < -0.3 is 18.9 Å². The summed E-state index contributed by atoms with van der Waals surface area (Å²) in [5.74, 6) is 0.717. The summed E-state index contributed by atoms with van der Waals surface area (Å²) < 4.78 is 13.1. The van der Waals surface area contributed by atoms with E-state index in [1.165, 1.54) is 0 Å². The van der Waals surface area contributed by atoms with Gasteiger partial charge in [0.15, 0.2) is 11.9 Å². The van der Waals surface area contributed by atoms with Gasteiger partial charge in [-0.2, -0.15) is 0 Å². The summed E-state index contributed by atoms with van der Waals surface area (Å²) in [7, 11) is 0. The zero-order valence-electron chi connectivity index (χ0n) is 13.4. The summed E-state index contributed by atoms with van der Waals surface area (Å²) in [4.78, 5) is 17.9. The van der Waals surface area contributed by atoms with E-state index in [4.69, 9.17) is 9.47 Å². The number of carbonyl (C=O) groups excluding carboxylic acids is 1. The normalized spacial score (nSPS) is 20.8. The van der Waals surface area contributed by atoms with Crippen molar-refractivity contribution in [1.29, 1.82) is 0 Å². The molecule has 0 aliphatic carbocycles. The van der Waals surface area contributed by atoms with Crippen LogP contribution in [-0.2, 0) is 22.8 Å². The Bertz CT molecular complexity index is 656. The van der Waals surface area contributed by atoms with E-state index >= 15 is 0 Å². The van der Waals surface area contributed by atoms with Crippen molar-refractivity contribution in [3.63, 3.8) is 0 Å². The van der Waals surface area contributed by atoms with Crippen LogP contribution < -0.4 is 0 Å². The van der Waals surface area contributed by atoms with Gasteiger partial charge in [-0.1, -0.05) is 30.3 Å². The number of nitrogens with zero attached hydrogens (tertiary/aromatic N) is 3. The Balaban J connectivity index is 1.65. The molecule has 0 N–H and O–H groups in total. The van der Waals surface area contributed by atoms with Crippen molar-refractivity contribution >= 4 is 6.09 Å². The maximum atomic E-state index is 11.9. The predicted molar refractivity (Wildman–Crippen MR) is 84.5 cm³/mol. The third-order valence-corrected chi connectivity index (χ3v) is 4.08. The molecule has 0 unspecified atom stereocenters. The molecule has 3 rings (SSSR count). The van der Waals surface area contributed by atoms with Crippen LogP contribution in [0.2, 0.25) is 0 Å². The lowest BCUT2D eigenvalue weighted by Crippen LogP contribution is -2.32. The SMILES string of the molecule is CCN1C(=O)O[C@H](c2nccn2COCc2ccccc2)[C@@H]1C. The van der Waals surface area contributed by atoms with Crippen LogP contribution in [-0.4, -0.2) is 33.1 Å². The van der Waals surface area contributed by atoms with E-state index in [1.54, 1.807) is 11.1 Å². The maximum absolute atomic E-state index is 11.9. The Labute approximate surface area is 135 Å². The maximum Gasteiger partial charge on any atom is 0.410 e. The minimum atomic E-state index is -0.363. The Kier molecular flexibility index (Phi) is 4.62. The van der Waals surface area contributed by atoms with Crippen LogP contribution in [0.3, 0.4) is 0 Å². The molecule has 122 valence electrons. The number of carbonyl (C=O) groups is 1. The first kappa shape index (κ1) is 15.6. The van der Waals surface area contributed by atoms with Crippen LogP contribution in [0, 0.1) is 0 Å². The van der Waals surface area contributed by atoms with Gasteiger partial charge in [0, 0.05) is 18.9 Å². The number of hydrogen-bond donors (Lipinski definition) is 0. The zero-order chi connectivity index (χ0) is 16.2. The molecule has 2 aromatic rings. The van der Waals surface area contributed by atoms with E-state index in [0.29, 0.717) is 19.9 Å². The quantitative estimate of drug-likeness (QED) is 0.822. The molecule has 1 fully saturated rings. The third kappa shape index (κ3) is 3.22. The van der Waals surface area contributed by atoms with Gasteiger partial charge >= 0.3 is 6.09 Å².